The predicted molar refractivity (Wildman–Crippen MR) is 141 cm³/mol. The van der Waals surface area contributed by atoms with Crippen molar-refractivity contribution in [1.29, 1.82) is 0 Å². The Morgan fingerprint density at radius 2 is 1.77 bits per heavy atom. The molecule has 40 heavy (non-hydrogen) atoms. The predicted octanol–water partition coefficient (Wildman–Crippen LogP) is 5.28. The molecule has 0 spiro atoms. The zero-order valence-corrected chi connectivity index (χ0v) is 23.4. The topological polar surface area (TPSA) is 108 Å². The molecule has 3 N–H and O–H groups in total. The molecule has 218 valence electrons. The van der Waals surface area contributed by atoms with Gasteiger partial charge in [-0.3, -0.25) is 4.79 Å². The van der Waals surface area contributed by atoms with Crippen LogP contribution in [-0.4, -0.2) is 54.7 Å². The van der Waals surface area contributed by atoms with Crippen molar-refractivity contribution in [2.45, 2.75) is 68.7 Å². The van der Waals surface area contributed by atoms with Crippen molar-refractivity contribution in [2.75, 3.05) is 6.54 Å². The van der Waals surface area contributed by atoms with Crippen molar-refractivity contribution in [3.05, 3.63) is 47.1 Å². The van der Waals surface area contributed by atoms with Crippen LogP contribution in [0.15, 0.2) is 41.3 Å². The van der Waals surface area contributed by atoms with E-state index in [0.717, 1.165) is 11.3 Å². The van der Waals surface area contributed by atoms with Crippen LogP contribution in [0.3, 0.4) is 0 Å². The maximum atomic E-state index is 13.5. The highest BCUT2D eigenvalue weighted by Gasteiger charge is 2.45. The number of nitrogens with one attached hydrogen (secondary N) is 2. The molecule has 1 aromatic heterocycles. The lowest BCUT2D eigenvalue weighted by Crippen LogP contribution is -2.43. The first-order chi connectivity index (χ1) is 18.4. The molecular formula is C26H28F5N3O4S2. The van der Waals surface area contributed by atoms with E-state index in [0.29, 0.717) is 28.4 Å². The van der Waals surface area contributed by atoms with E-state index in [9.17, 15) is 40.3 Å². The molecule has 14 heteroatoms. The van der Waals surface area contributed by atoms with Crippen LogP contribution in [0.5, 0.6) is 0 Å². The number of fused-ring (bicyclic) bond motifs is 1. The largest absolute Gasteiger partial charge is 0.404 e. The molecule has 1 amide bonds. The van der Waals surface area contributed by atoms with Crippen LogP contribution in [0, 0.1) is 5.92 Å². The third-order valence-corrected chi connectivity index (χ3v) is 9.20. The van der Waals surface area contributed by atoms with Crippen LogP contribution in [-0.2, 0) is 16.4 Å². The number of nitrogens with zero attached hydrogens (tertiary/aromatic N) is 1. The van der Waals surface area contributed by atoms with Crippen LogP contribution in [0.2, 0.25) is 0 Å². The fourth-order valence-corrected chi connectivity index (χ4v) is 6.93. The Bertz CT molecular complexity index is 1520. The van der Waals surface area contributed by atoms with Gasteiger partial charge in [-0.25, -0.2) is 22.2 Å². The van der Waals surface area contributed by atoms with Crippen LogP contribution >= 0.6 is 11.3 Å². The molecule has 0 radical (unpaired) electrons. The van der Waals surface area contributed by atoms with Gasteiger partial charge in [0.1, 0.15) is 6.04 Å². The van der Waals surface area contributed by atoms with Crippen molar-refractivity contribution >= 4 is 38.0 Å². The monoisotopic (exact) mass is 605 g/mol. The summed E-state index contributed by atoms with van der Waals surface area (Å²) in [7, 11) is -4.59. The standard InChI is InChI=1S/C26H28F5N3O4S2/c1-14(26(29,30)31)34-40(37,38)20-9-8-18(16-6-4-5-7-17(16)20)21-19(10-15-11-25(27,28)12-15)33-23(39-21)22(35)32-13-24(2,3)36/h4-9,14-15,34,36H,10-13H2,1-3H3,(H,32,35)/t14-/m0/s1. The van der Waals surface area contributed by atoms with Gasteiger partial charge in [-0.15, -0.1) is 11.3 Å². The van der Waals surface area contributed by atoms with Gasteiger partial charge in [-0.05, 0) is 44.6 Å². The van der Waals surface area contributed by atoms with E-state index >= 15 is 0 Å². The molecule has 1 aliphatic rings. The number of carbonyl (C=O) groups excluding carboxylic acids is 1. The molecule has 1 aliphatic carbocycles. The second-order valence-electron chi connectivity index (χ2n) is 10.7. The Labute approximate surface area is 231 Å². The summed E-state index contributed by atoms with van der Waals surface area (Å²) in [4.78, 5) is 17.3. The molecule has 0 saturated heterocycles. The maximum Gasteiger partial charge on any atom is 0.404 e. The number of sulfonamides is 1. The number of alkyl halides is 5. The van der Waals surface area contributed by atoms with E-state index in [-0.39, 0.29) is 47.0 Å². The molecule has 1 saturated carbocycles. The number of aromatic nitrogens is 1. The average Bonchev–Trinajstić information content (AvgIpc) is 3.22. The minimum atomic E-state index is -4.79. The van der Waals surface area contributed by atoms with Crippen molar-refractivity contribution in [1.82, 2.24) is 15.0 Å². The highest BCUT2D eigenvalue weighted by molar-refractivity contribution is 7.89. The van der Waals surface area contributed by atoms with E-state index in [4.69, 9.17) is 0 Å². The molecule has 3 aromatic rings. The van der Waals surface area contributed by atoms with E-state index in [1.54, 1.807) is 16.9 Å². The molecule has 0 bridgehead atoms. The lowest BCUT2D eigenvalue weighted by atomic mass is 9.78. The van der Waals surface area contributed by atoms with Crippen LogP contribution in [0.25, 0.3) is 21.2 Å². The van der Waals surface area contributed by atoms with Gasteiger partial charge in [0.05, 0.1) is 21.1 Å². The second-order valence-corrected chi connectivity index (χ2v) is 13.3. The number of hydrogen-bond donors (Lipinski definition) is 3. The summed E-state index contributed by atoms with van der Waals surface area (Å²) < 4.78 is 93.9. The van der Waals surface area contributed by atoms with Crippen LogP contribution < -0.4 is 10.0 Å². The molecule has 0 unspecified atom stereocenters. The molecular weight excluding hydrogens is 577 g/mol. The highest BCUT2D eigenvalue weighted by atomic mass is 32.2. The summed E-state index contributed by atoms with van der Waals surface area (Å²) in [5.74, 6) is -3.72. The van der Waals surface area contributed by atoms with Crippen molar-refractivity contribution in [2.24, 2.45) is 5.92 Å². The summed E-state index contributed by atoms with van der Waals surface area (Å²) in [6, 6.07) is 6.48. The Kier molecular flexibility index (Phi) is 8.04. The summed E-state index contributed by atoms with van der Waals surface area (Å²) in [6.07, 6.45) is -5.30. The number of aliphatic hydroxyl groups is 1. The fraction of sp³-hybridized carbons (Fsp3) is 0.462. The molecule has 1 atom stereocenters. The van der Waals surface area contributed by atoms with E-state index in [1.165, 1.54) is 38.1 Å². The first kappa shape index (κ1) is 30.3. The van der Waals surface area contributed by atoms with Crippen molar-refractivity contribution in [3.63, 3.8) is 0 Å². The Morgan fingerprint density at radius 1 is 1.15 bits per heavy atom. The number of rotatable bonds is 9. The fourth-order valence-electron chi connectivity index (χ4n) is 4.44. The number of carbonyl (C=O) groups is 1. The lowest BCUT2D eigenvalue weighted by molar-refractivity contribution is -0.147. The van der Waals surface area contributed by atoms with Crippen LogP contribution in [0.4, 0.5) is 22.0 Å². The molecule has 2 aromatic carbocycles. The van der Waals surface area contributed by atoms with Gasteiger partial charge in [0.25, 0.3) is 5.91 Å². The van der Waals surface area contributed by atoms with Crippen molar-refractivity contribution in [3.8, 4) is 10.4 Å². The second kappa shape index (κ2) is 10.6. The quantitative estimate of drug-likeness (QED) is 0.288. The zero-order valence-electron chi connectivity index (χ0n) is 21.8. The summed E-state index contributed by atoms with van der Waals surface area (Å²) in [5.41, 5.74) is -0.354. The van der Waals surface area contributed by atoms with Gasteiger partial charge in [0.2, 0.25) is 15.9 Å². The Balaban J connectivity index is 1.78. The summed E-state index contributed by atoms with van der Waals surface area (Å²) in [6.45, 7) is 3.65. The third-order valence-electron chi connectivity index (χ3n) is 6.47. The molecule has 7 nitrogen and oxygen atoms in total. The molecule has 1 heterocycles. The lowest BCUT2D eigenvalue weighted by Gasteiger charge is -2.34. The van der Waals surface area contributed by atoms with Crippen molar-refractivity contribution < 1.29 is 40.3 Å². The zero-order chi connectivity index (χ0) is 29.7. The molecule has 0 aliphatic heterocycles. The minimum absolute atomic E-state index is 0.0294. The normalized spacial score (nSPS) is 17.0. The van der Waals surface area contributed by atoms with Gasteiger partial charge < -0.3 is 10.4 Å². The number of hydrogen-bond acceptors (Lipinski definition) is 6. The van der Waals surface area contributed by atoms with Gasteiger partial charge >= 0.3 is 6.18 Å². The van der Waals surface area contributed by atoms with E-state index in [2.05, 4.69) is 10.3 Å². The van der Waals surface area contributed by atoms with E-state index in [1.807, 2.05) is 0 Å². The maximum absolute atomic E-state index is 13.5. The van der Waals surface area contributed by atoms with E-state index < -0.39 is 39.7 Å². The average molecular weight is 606 g/mol. The first-order valence-electron chi connectivity index (χ1n) is 12.4. The van der Waals surface area contributed by atoms with Crippen LogP contribution in [0.1, 0.15) is 49.1 Å². The smallest absolute Gasteiger partial charge is 0.389 e. The summed E-state index contributed by atoms with van der Waals surface area (Å²) >= 11 is 0.984. The Hall–Kier alpha value is -2.68. The number of thiazole rings is 1. The van der Waals surface area contributed by atoms with Gasteiger partial charge in [0.15, 0.2) is 5.01 Å². The number of amides is 1. The summed E-state index contributed by atoms with van der Waals surface area (Å²) in [5, 5.41) is 13.1. The van der Waals surface area contributed by atoms with Gasteiger partial charge in [0, 0.05) is 30.3 Å². The highest BCUT2D eigenvalue weighted by Crippen LogP contribution is 2.46. The first-order valence-corrected chi connectivity index (χ1v) is 14.7. The third kappa shape index (κ3) is 6.78. The molecule has 4 rings (SSSR count). The SMILES string of the molecule is C[C@H](NS(=O)(=O)c1ccc(-c2sc(C(=O)NCC(C)(C)O)nc2CC2CC(F)(F)C2)c2ccccc12)C(F)(F)F. The van der Waals surface area contributed by atoms with Gasteiger partial charge in [-0.1, -0.05) is 30.3 Å². The number of benzene rings is 2. The molecule has 1 fully saturated rings. The minimum Gasteiger partial charge on any atom is -0.389 e. The number of halogens is 5. The van der Waals surface area contributed by atoms with Gasteiger partial charge in [-0.2, -0.15) is 17.9 Å². The Morgan fingerprint density at radius 3 is 2.35 bits per heavy atom.